The van der Waals surface area contributed by atoms with Gasteiger partial charge in [-0.1, -0.05) is 26.0 Å². The summed E-state index contributed by atoms with van der Waals surface area (Å²) in [6.45, 7) is 6.67. The average Bonchev–Trinajstić information content (AvgIpc) is 2.40. The number of para-hydroxylation sites is 2. The zero-order chi connectivity index (χ0) is 10.0. The molecule has 1 heterocycles. The van der Waals surface area contributed by atoms with Crippen molar-refractivity contribution in [2.45, 2.75) is 20.3 Å². The van der Waals surface area contributed by atoms with Crippen LogP contribution in [0.1, 0.15) is 20.3 Å². The Kier molecular flexibility index (Phi) is 2.36. The first kappa shape index (κ1) is 9.38. The van der Waals surface area contributed by atoms with Crippen LogP contribution in [0.4, 0.5) is 11.4 Å². The summed E-state index contributed by atoms with van der Waals surface area (Å²) in [5, 5.41) is 7.01. The van der Waals surface area contributed by atoms with Gasteiger partial charge in [-0.25, -0.2) is 0 Å². The molecule has 0 fully saturated rings. The molecule has 2 N–H and O–H groups in total. The first-order valence-electron chi connectivity index (χ1n) is 5.30. The summed E-state index contributed by atoms with van der Waals surface area (Å²) in [4.78, 5) is 0. The van der Waals surface area contributed by atoms with Crippen molar-refractivity contribution in [2.24, 2.45) is 5.41 Å². The van der Waals surface area contributed by atoms with Crippen molar-refractivity contribution in [1.82, 2.24) is 0 Å². The van der Waals surface area contributed by atoms with E-state index in [2.05, 4.69) is 48.7 Å². The molecule has 0 atom stereocenters. The van der Waals surface area contributed by atoms with Gasteiger partial charge in [0.05, 0.1) is 11.4 Å². The highest BCUT2D eigenvalue weighted by atomic mass is 15.0. The molecule has 0 aliphatic carbocycles. The normalized spacial score (nSPS) is 18.7. The van der Waals surface area contributed by atoms with Crippen LogP contribution < -0.4 is 10.6 Å². The zero-order valence-electron chi connectivity index (χ0n) is 8.93. The van der Waals surface area contributed by atoms with Gasteiger partial charge in [0, 0.05) is 18.5 Å². The lowest BCUT2D eigenvalue weighted by Crippen LogP contribution is -2.30. The van der Waals surface area contributed by atoms with E-state index >= 15 is 0 Å². The molecule has 0 bridgehead atoms. The van der Waals surface area contributed by atoms with Gasteiger partial charge >= 0.3 is 0 Å². The Balaban J connectivity index is 2.22. The number of anilines is 2. The molecule has 14 heavy (non-hydrogen) atoms. The van der Waals surface area contributed by atoms with Gasteiger partial charge < -0.3 is 10.6 Å². The van der Waals surface area contributed by atoms with Gasteiger partial charge in [0.25, 0.3) is 0 Å². The maximum Gasteiger partial charge on any atom is 0.0576 e. The van der Waals surface area contributed by atoms with Crippen molar-refractivity contribution in [2.75, 3.05) is 23.7 Å². The molecule has 2 heteroatoms. The molecule has 0 unspecified atom stereocenters. The molecule has 0 radical (unpaired) electrons. The monoisotopic (exact) mass is 190 g/mol. The summed E-state index contributed by atoms with van der Waals surface area (Å²) in [5.41, 5.74) is 2.81. The SMILES string of the molecule is CCC1(C)CNc2ccccc2NC1. The predicted octanol–water partition coefficient (Wildman–Crippen LogP) is 2.94. The van der Waals surface area contributed by atoms with Gasteiger partial charge in [-0.15, -0.1) is 0 Å². The Labute approximate surface area is 85.7 Å². The molecule has 0 saturated heterocycles. The summed E-state index contributed by atoms with van der Waals surface area (Å²) in [6.07, 6.45) is 1.20. The van der Waals surface area contributed by atoms with Gasteiger partial charge in [-0.05, 0) is 18.6 Å². The van der Waals surface area contributed by atoms with Crippen molar-refractivity contribution < 1.29 is 0 Å². The van der Waals surface area contributed by atoms with Crippen molar-refractivity contribution in [3.63, 3.8) is 0 Å². The fourth-order valence-electron chi connectivity index (χ4n) is 1.72. The fraction of sp³-hybridized carbons (Fsp3) is 0.500. The minimum atomic E-state index is 0.360. The molecular formula is C12H18N2. The third kappa shape index (κ3) is 1.69. The molecular weight excluding hydrogens is 172 g/mol. The Morgan fingerprint density at radius 1 is 1.14 bits per heavy atom. The van der Waals surface area contributed by atoms with Crippen LogP contribution in [0, 0.1) is 5.41 Å². The highest BCUT2D eigenvalue weighted by Crippen LogP contribution is 2.30. The second kappa shape index (κ2) is 3.52. The van der Waals surface area contributed by atoms with E-state index in [1.165, 1.54) is 17.8 Å². The lowest BCUT2D eigenvalue weighted by Gasteiger charge is -2.26. The smallest absolute Gasteiger partial charge is 0.0576 e. The topological polar surface area (TPSA) is 24.1 Å². The van der Waals surface area contributed by atoms with Crippen LogP contribution >= 0.6 is 0 Å². The molecule has 76 valence electrons. The maximum atomic E-state index is 3.50. The third-order valence-electron chi connectivity index (χ3n) is 3.19. The molecule has 1 aromatic rings. The standard InChI is InChI=1S/C12H18N2/c1-3-12(2)8-13-10-6-4-5-7-11(10)14-9-12/h4-7,13-14H,3,8-9H2,1-2H3. The quantitative estimate of drug-likeness (QED) is 0.711. The van der Waals surface area contributed by atoms with Crippen LogP contribution in [0.3, 0.4) is 0 Å². The second-order valence-corrected chi connectivity index (χ2v) is 4.42. The first-order chi connectivity index (χ1) is 6.73. The van der Waals surface area contributed by atoms with E-state index in [-0.39, 0.29) is 0 Å². The van der Waals surface area contributed by atoms with Gasteiger partial charge in [-0.2, -0.15) is 0 Å². The molecule has 2 nitrogen and oxygen atoms in total. The van der Waals surface area contributed by atoms with E-state index in [0.717, 1.165) is 13.1 Å². The lowest BCUT2D eigenvalue weighted by atomic mass is 9.88. The Bertz CT molecular complexity index is 293. The Hall–Kier alpha value is -1.18. The van der Waals surface area contributed by atoms with Crippen molar-refractivity contribution in [3.8, 4) is 0 Å². The summed E-state index contributed by atoms with van der Waals surface area (Å²) in [7, 11) is 0. The van der Waals surface area contributed by atoms with Crippen LogP contribution in [0.5, 0.6) is 0 Å². The fourth-order valence-corrected chi connectivity index (χ4v) is 1.72. The number of fused-ring (bicyclic) bond motifs is 1. The first-order valence-corrected chi connectivity index (χ1v) is 5.30. The average molecular weight is 190 g/mol. The highest BCUT2D eigenvalue weighted by molar-refractivity contribution is 5.69. The van der Waals surface area contributed by atoms with E-state index in [1.807, 2.05) is 0 Å². The maximum absolute atomic E-state index is 3.50. The third-order valence-corrected chi connectivity index (χ3v) is 3.19. The van der Waals surface area contributed by atoms with Crippen LogP contribution in [-0.2, 0) is 0 Å². The van der Waals surface area contributed by atoms with Crippen LogP contribution in [0.15, 0.2) is 24.3 Å². The second-order valence-electron chi connectivity index (χ2n) is 4.42. The predicted molar refractivity (Wildman–Crippen MR) is 61.8 cm³/mol. The molecule has 0 amide bonds. The van der Waals surface area contributed by atoms with Crippen molar-refractivity contribution in [3.05, 3.63) is 24.3 Å². The molecule has 1 aliphatic heterocycles. The molecule has 1 aromatic carbocycles. The summed E-state index contributed by atoms with van der Waals surface area (Å²) >= 11 is 0. The summed E-state index contributed by atoms with van der Waals surface area (Å²) < 4.78 is 0. The number of hydrogen-bond donors (Lipinski definition) is 2. The van der Waals surface area contributed by atoms with E-state index in [1.54, 1.807) is 0 Å². The Morgan fingerprint density at radius 2 is 1.64 bits per heavy atom. The minimum absolute atomic E-state index is 0.360. The van der Waals surface area contributed by atoms with Crippen molar-refractivity contribution >= 4 is 11.4 Å². The Morgan fingerprint density at radius 3 is 2.07 bits per heavy atom. The number of benzene rings is 1. The molecule has 0 spiro atoms. The number of hydrogen-bond acceptors (Lipinski definition) is 2. The summed E-state index contributed by atoms with van der Waals surface area (Å²) in [6, 6.07) is 8.40. The summed E-state index contributed by atoms with van der Waals surface area (Å²) in [5.74, 6) is 0. The van der Waals surface area contributed by atoms with Gasteiger partial charge in [0.1, 0.15) is 0 Å². The van der Waals surface area contributed by atoms with Crippen LogP contribution in [-0.4, -0.2) is 13.1 Å². The highest BCUT2D eigenvalue weighted by Gasteiger charge is 2.24. The van der Waals surface area contributed by atoms with Gasteiger partial charge in [0.15, 0.2) is 0 Å². The minimum Gasteiger partial charge on any atom is -0.383 e. The molecule has 2 rings (SSSR count). The van der Waals surface area contributed by atoms with E-state index < -0.39 is 0 Å². The molecule has 1 aliphatic rings. The molecule has 0 saturated carbocycles. The number of rotatable bonds is 1. The lowest BCUT2D eigenvalue weighted by molar-refractivity contribution is 0.361. The zero-order valence-corrected chi connectivity index (χ0v) is 8.93. The van der Waals surface area contributed by atoms with Gasteiger partial charge in [-0.3, -0.25) is 0 Å². The number of nitrogens with one attached hydrogen (secondary N) is 2. The van der Waals surface area contributed by atoms with Crippen LogP contribution in [0.2, 0.25) is 0 Å². The van der Waals surface area contributed by atoms with E-state index in [9.17, 15) is 0 Å². The van der Waals surface area contributed by atoms with Gasteiger partial charge in [0.2, 0.25) is 0 Å². The molecule has 0 aromatic heterocycles. The van der Waals surface area contributed by atoms with Crippen LogP contribution in [0.25, 0.3) is 0 Å². The van der Waals surface area contributed by atoms with Crippen molar-refractivity contribution in [1.29, 1.82) is 0 Å². The van der Waals surface area contributed by atoms with E-state index in [0.29, 0.717) is 5.41 Å². The van der Waals surface area contributed by atoms with E-state index in [4.69, 9.17) is 0 Å². The largest absolute Gasteiger partial charge is 0.383 e.